The van der Waals surface area contributed by atoms with Gasteiger partial charge in [0.15, 0.2) is 23.3 Å². The number of rotatable bonds is 9. The molecule has 0 saturated carbocycles. The lowest BCUT2D eigenvalue weighted by Gasteiger charge is -2.43. The molecule has 1 aliphatic heterocycles. The van der Waals surface area contributed by atoms with Crippen LogP contribution in [-0.2, 0) is 42.9 Å². The van der Waals surface area contributed by atoms with Gasteiger partial charge in [-0.15, -0.1) is 0 Å². The van der Waals surface area contributed by atoms with Crippen molar-refractivity contribution in [2.45, 2.75) is 51.5 Å². The third kappa shape index (κ3) is 7.26. The normalized spacial score (nSPS) is 21.9. The second kappa shape index (κ2) is 12.9. The number of para-hydroxylation sites is 2. The number of nitrogens with one attached hydrogen (secondary N) is 1. The van der Waals surface area contributed by atoms with Gasteiger partial charge < -0.3 is 33.7 Å². The molecule has 0 spiro atoms. The molecule has 1 aromatic carbocycles. The van der Waals surface area contributed by atoms with E-state index in [1.54, 1.807) is 0 Å². The number of nitro groups is 1. The van der Waals surface area contributed by atoms with Crippen molar-refractivity contribution in [3.05, 3.63) is 45.6 Å². The quantitative estimate of drug-likeness (QED) is 0.192. The molecule has 1 N–H and O–H groups in total. The molecule has 16 nitrogen and oxygen atoms in total. The molecule has 5 atom stereocenters. The first-order chi connectivity index (χ1) is 18.9. The van der Waals surface area contributed by atoms with Crippen molar-refractivity contribution in [1.82, 2.24) is 4.98 Å². The first-order valence-corrected chi connectivity index (χ1v) is 12.1. The number of aromatic nitrogens is 1. The van der Waals surface area contributed by atoms with E-state index >= 15 is 0 Å². The molecule has 17 heteroatoms. The molecule has 0 aliphatic carbocycles. The number of anilines is 1. The summed E-state index contributed by atoms with van der Waals surface area (Å²) in [6.45, 7) is 3.14. The van der Waals surface area contributed by atoms with Crippen molar-refractivity contribution in [1.29, 1.82) is 0 Å². The van der Waals surface area contributed by atoms with Gasteiger partial charge in [-0.3, -0.25) is 29.3 Å². The summed E-state index contributed by atoms with van der Waals surface area (Å²) in [6.07, 6.45) is -7.16. The van der Waals surface area contributed by atoms with Gasteiger partial charge in [-0.1, -0.05) is 12.1 Å². The molecule has 214 valence electrons. The Morgan fingerprint density at radius 2 is 1.57 bits per heavy atom. The monoisotopic (exact) mass is 581 g/mol. The smallest absolute Gasteiger partial charge is 0.344 e. The highest BCUT2D eigenvalue weighted by Crippen LogP contribution is 2.34. The third-order valence-corrected chi connectivity index (χ3v) is 6.03. The maximum Gasteiger partial charge on any atom is 0.344 e. The highest BCUT2D eigenvalue weighted by molar-refractivity contribution is 7.16. The summed E-state index contributed by atoms with van der Waals surface area (Å²) < 4.78 is 32.1. The van der Waals surface area contributed by atoms with E-state index in [2.05, 4.69) is 10.3 Å². The van der Waals surface area contributed by atoms with Gasteiger partial charge in [0.05, 0.1) is 17.7 Å². The van der Waals surface area contributed by atoms with Crippen molar-refractivity contribution in [2.75, 3.05) is 12.4 Å². The number of nitrogens with zero attached hydrogens (tertiary/aromatic N) is 2. The van der Waals surface area contributed by atoms with Crippen molar-refractivity contribution in [2.24, 2.45) is 0 Å². The van der Waals surface area contributed by atoms with Crippen LogP contribution in [0.25, 0.3) is 0 Å². The summed E-state index contributed by atoms with van der Waals surface area (Å²) in [6, 6.07) is 5.86. The van der Waals surface area contributed by atoms with Crippen molar-refractivity contribution in [3.63, 3.8) is 0 Å². The van der Waals surface area contributed by atoms with Crippen LogP contribution in [0.5, 0.6) is 5.75 Å². The van der Waals surface area contributed by atoms with Gasteiger partial charge in [0.2, 0.25) is 12.4 Å². The summed E-state index contributed by atoms with van der Waals surface area (Å²) in [5.74, 6) is -4.48. The highest BCUT2D eigenvalue weighted by atomic mass is 32.1. The van der Waals surface area contributed by atoms with E-state index in [4.69, 9.17) is 28.4 Å². The van der Waals surface area contributed by atoms with E-state index in [9.17, 15) is 34.1 Å². The fraction of sp³-hybridized carbons (Fsp3) is 0.391. The Kier molecular flexibility index (Phi) is 9.68. The molecule has 40 heavy (non-hydrogen) atoms. The Hall–Kier alpha value is -4.64. The fourth-order valence-electron chi connectivity index (χ4n) is 3.60. The number of hydrogen-bond donors (Lipinski definition) is 1. The van der Waals surface area contributed by atoms with Gasteiger partial charge in [0, 0.05) is 20.8 Å². The van der Waals surface area contributed by atoms with Crippen LogP contribution in [0.4, 0.5) is 10.7 Å². The van der Waals surface area contributed by atoms with Crippen molar-refractivity contribution in [3.8, 4) is 5.75 Å². The first-order valence-electron chi connectivity index (χ1n) is 11.3. The molecule has 1 aliphatic rings. The average molecular weight is 582 g/mol. The van der Waals surface area contributed by atoms with Crippen LogP contribution in [-0.4, -0.2) is 77.5 Å². The minimum atomic E-state index is -1.69. The molecular formula is C23H23N3O13S. The number of ether oxygens (including phenoxy) is 6. The molecule has 0 radical (unpaired) electrons. The molecule has 2 heterocycles. The standard InChI is InChI=1S/C23H23N3O13S/c1-10(27)35-16-17(36-11(2)28)19(37-12(3)29)23(39-18(16)22(31)34-4)38-14-8-6-5-7-13(14)25-20(30)21-24-9-15(40-21)26(32)33/h5-9,16-19,23H,1-4H3,(H,25,30)/t16-,17-,18-,19+,23+/m0/s1. The van der Waals surface area contributed by atoms with Crippen molar-refractivity contribution < 1.29 is 57.3 Å². The zero-order chi connectivity index (χ0) is 29.6. The predicted molar refractivity (Wildman–Crippen MR) is 131 cm³/mol. The predicted octanol–water partition coefficient (Wildman–Crippen LogP) is 1.38. The van der Waals surface area contributed by atoms with Crippen LogP contribution in [0, 0.1) is 10.1 Å². The minimum Gasteiger partial charge on any atom is -0.467 e. The number of hydrogen-bond acceptors (Lipinski definition) is 15. The Morgan fingerprint density at radius 1 is 0.975 bits per heavy atom. The van der Waals surface area contributed by atoms with Gasteiger partial charge >= 0.3 is 28.9 Å². The van der Waals surface area contributed by atoms with E-state index in [1.165, 1.54) is 24.3 Å². The lowest BCUT2D eigenvalue weighted by Crippen LogP contribution is -2.64. The summed E-state index contributed by atoms with van der Waals surface area (Å²) in [5.41, 5.74) is 0.0382. The third-order valence-electron chi connectivity index (χ3n) is 5.08. The number of esters is 4. The number of benzene rings is 1. The number of methoxy groups -OCH3 is 1. The summed E-state index contributed by atoms with van der Waals surface area (Å²) in [5, 5.41) is 12.9. The summed E-state index contributed by atoms with van der Waals surface area (Å²) >= 11 is 0.548. The highest BCUT2D eigenvalue weighted by Gasteiger charge is 2.56. The van der Waals surface area contributed by atoms with E-state index in [1.807, 2.05) is 0 Å². The van der Waals surface area contributed by atoms with E-state index in [0.717, 1.165) is 34.1 Å². The maximum absolute atomic E-state index is 12.7. The molecule has 1 fully saturated rings. The Balaban J connectivity index is 1.98. The van der Waals surface area contributed by atoms with E-state index < -0.39 is 65.4 Å². The first kappa shape index (κ1) is 29.9. The second-order valence-electron chi connectivity index (χ2n) is 8.00. The molecule has 1 aromatic heterocycles. The molecule has 0 bridgehead atoms. The number of thiazole rings is 1. The van der Waals surface area contributed by atoms with Gasteiger partial charge in [0.1, 0.15) is 11.9 Å². The fourth-order valence-corrected chi connectivity index (χ4v) is 4.23. The summed E-state index contributed by atoms with van der Waals surface area (Å²) in [7, 11) is 1.04. The van der Waals surface area contributed by atoms with Crippen LogP contribution < -0.4 is 10.1 Å². The van der Waals surface area contributed by atoms with Crippen molar-refractivity contribution >= 4 is 51.8 Å². The Morgan fingerprint density at radius 3 is 2.15 bits per heavy atom. The number of carbonyl (C=O) groups is 5. The number of carbonyl (C=O) groups excluding carboxylic acids is 5. The lowest BCUT2D eigenvalue weighted by molar-refractivity contribution is -0.380. The maximum atomic E-state index is 12.7. The summed E-state index contributed by atoms with van der Waals surface area (Å²) in [4.78, 5) is 75.0. The second-order valence-corrected chi connectivity index (χ2v) is 9.01. The average Bonchev–Trinajstić information content (AvgIpc) is 3.38. The van der Waals surface area contributed by atoms with E-state index in [0.29, 0.717) is 11.3 Å². The molecule has 1 amide bonds. The van der Waals surface area contributed by atoms with Crippen LogP contribution in [0.2, 0.25) is 0 Å². The van der Waals surface area contributed by atoms with Crippen LogP contribution in [0.15, 0.2) is 30.5 Å². The molecule has 3 rings (SSSR count). The van der Waals surface area contributed by atoms with Crippen LogP contribution in [0.3, 0.4) is 0 Å². The largest absolute Gasteiger partial charge is 0.467 e. The Bertz CT molecular complexity index is 1310. The zero-order valence-corrected chi connectivity index (χ0v) is 22.2. The minimum absolute atomic E-state index is 0.0382. The van der Waals surface area contributed by atoms with Crippen LogP contribution in [0.1, 0.15) is 30.6 Å². The van der Waals surface area contributed by atoms with Gasteiger partial charge in [-0.2, -0.15) is 0 Å². The van der Waals surface area contributed by atoms with Crippen LogP contribution >= 0.6 is 11.3 Å². The SMILES string of the molecule is COC(=O)[C@H]1O[C@@H](Oc2ccccc2NC(=O)c2ncc([N+](=O)[O-])s2)[C@H](OC(C)=O)[C@@H](OC(C)=O)[C@@H]1OC(C)=O. The van der Waals surface area contributed by atoms with Gasteiger partial charge in [-0.25, -0.2) is 9.78 Å². The van der Waals surface area contributed by atoms with Gasteiger partial charge in [0.25, 0.3) is 5.91 Å². The number of amides is 1. The topological polar surface area (TPSA) is 209 Å². The molecule has 1 saturated heterocycles. The Labute approximate surface area is 229 Å². The van der Waals surface area contributed by atoms with Gasteiger partial charge in [-0.05, 0) is 23.5 Å². The molecule has 0 unspecified atom stereocenters. The zero-order valence-electron chi connectivity index (χ0n) is 21.4. The van der Waals surface area contributed by atoms with E-state index in [-0.39, 0.29) is 21.4 Å². The molecule has 2 aromatic rings. The molecular weight excluding hydrogens is 558 g/mol. The lowest BCUT2D eigenvalue weighted by atomic mass is 9.97.